The van der Waals surface area contributed by atoms with Crippen LogP contribution in [-0.4, -0.2) is 77.5 Å². The van der Waals surface area contributed by atoms with Crippen molar-refractivity contribution in [1.82, 2.24) is 19.8 Å². The molecule has 0 atom stereocenters. The Kier molecular flexibility index (Phi) is 6.44. The minimum absolute atomic E-state index is 0.150. The second-order valence-corrected chi connectivity index (χ2v) is 7.80. The van der Waals surface area contributed by atoms with Gasteiger partial charge in [-0.15, -0.1) is 0 Å². The highest BCUT2D eigenvalue weighted by Gasteiger charge is 2.29. The number of halogens is 1. The lowest BCUT2D eigenvalue weighted by Gasteiger charge is -2.34. The Balaban J connectivity index is 1.24. The fourth-order valence-electron chi connectivity index (χ4n) is 3.73. The van der Waals surface area contributed by atoms with Gasteiger partial charge in [-0.3, -0.25) is 19.4 Å². The molecule has 0 unspecified atom stereocenters. The van der Waals surface area contributed by atoms with Crippen LogP contribution in [0.5, 0.6) is 5.75 Å². The van der Waals surface area contributed by atoms with E-state index >= 15 is 0 Å². The predicted octanol–water partition coefficient (Wildman–Crippen LogP) is 2.09. The van der Waals surface area contributed by atoms with E-state index in [1.165, 1.54) is 4.90 Å². The molecule has 0 aliphatic carbocycles. The van der Waals surface area contributed by atoms with Gasteiger partial charge in [0.15, 0.2) is 6.61 Å². The number of amides is 2. The zero-order valence-corrected chi connectivity index (χ0v) is 17.4. The number of aromatic nitrogens is 2. The van der Waals surface area contributed by atoms with Crippen LogP contribution < -0.4 is 9.64 Å². The molecule has 9 heteroatoms. The lowest BCUT2D eigenvalue weighted by molar-refractivity contribution is -0.130. The summed E-state index contributed by atoms with van der Waals surface area (Å²) in [6.45, 7) is 4.85. The van der Waals surface area contributed by atoms with Gasteiger partial charge in [0.1, 0.15) is 5.75 Å². The van der Waals surface area contributed by atoms with Crippen molar-refractivity contribution in [1.29, 1.82) is 0 Å². The summed E-state index contributed by atoms with van der Waals surface area (Å²) >= 11 is 5.97. The molecule has 0 spiro atoms. The summed E-state index contributed by atoms with van der Waals surface area (Å²) < 4.78 is 5.47. The summed E-state index contributed by atoms with van der Waals surface area (Å²) in [4.78, 5) is 39.6. The largest absolute Gasteiger partial charge is 0.483 e. The van der Waals surface area contributed by atoms with Gasteiger partial charge in [-0.2, -0.15) is 0 Å². The highest BCUT2D eigenvalue weighted by molar-refractivity contribution is 6.31. The van der Waals surface area contributed by atoms with E-state index < -0.39 is 0 Å². The Labute approximate surface area is 180 Å². The van der Waals surface area contributed by atoms with Gasteiger partial charge in [0, 0.05) is 50.1 Å². The van der Waals surface area contributed by atoms with Crippen LogP contribution in [0.1, 0.15) is 23.2 Å². The molecule has 2 aliphatic rings. The van der Waals surface area contributed by atoms with Gasteiger partial charge in [0.2, 0.25) is 5.95 Å². The molecule has 1 aromatic carbocycles. The van der Waals surface area contributed by atoms with Gasteiger partial charge < -0.3 is 9.64 Å². The van der Waals surface area contributed by atoms with Crippen molar-refractivity contribution in [3.8, 4) is 5.75 Å². The van der Waals surface area contributed by atoms with E-state index in [4.69, 9.17) is 16.3 Å². The van der Waals surface area contributed by atoms with Crippen LogP contribution in [0.15, 0.2) is 36.7 Å². The number of piperazine rings is 1. The van der Waals surface area contributed by atoms with Crippen molar-refractivity contribution in [2.24, 2.45) is 0 Å². The number of hydrogen-bond donors (Lipinski definition) is 0. The summed E-state index contributed by atoms with van der Waals surface area (Å²) in [7, 11) is 0. The fraction of sp³-hybridized carbons (Fsp3) is 0.429. The standard InChI is InChI=1S/C21H24ClN5O3/c22-16-4-5-17-18(14-16)30-15-19(28)27(20(17)29)9-2-1-8-25-10-12-26(13-11-25)21-23-6-3-7-24-21/h3-7,14H,1-2,8-13,15H2. The molecule has 2 aromatic rings. The van der Waals surface area contributed by atoms with Crippen molar-refractivity contribution < 1.29 is 14.3 Å². The molecule has 1 aromatic heterocycles. The first-order valence-corrected chi connectivity index (χ1v) is 10.5. The Morgan fingerprint density at radius 1 is 1.00 bits per heavy atom. The molecular formula is C21H24ClN5O3. The van der Waals surface area contributed by atoms with Crippen molar-refractivity contribution in [3.63, 3.8) is 0 Å². The van der Waals surface area contributed by atoms with E-state index in [1.807, 2.05) is 6.07 Å². The van der Waals surface area contributed by atoms with E-state index in [0.29, 0.717) is 22.9 Å². The number of rotatable bonds is 6. The zero-order valence-electron chi connectivity index (χ0n) is 16.7. The average molecular weight is 430 g/mol. The van der Waals surface area contributed by atoms with Crippen LogP contribution in [0.2, 0.25) is 5.02 Å². The van der Waals surface area contributed by atoms with Crippen molar-refractivity contribution >= 4 is 29.4 Å². The number of anilines is 1. The summed E-state index contributed by atoms with van der Waals surface area (Å²) in [6.07, 6.45) is 5.19. The number of benzene rings is 1. The van der Waals surface area contributed by atoms with Crippen LogP contribution in [-0.2, 0) is 4.79 Å². The molecule has 2 amide bonds. The van der Waals surface area contributed by atoms with E-state index in [0.717, 1.165) is 51.5 Å². The van der Waals surface area contributed by atoms with Gasteiger partial charge in [-0.25, -0.2) is 9.97 Å². The Bertz CT molecular complexity index is 903. The molecule has 0 radical (unpaired) electrons. The third-order valence-corrected chi connectivity index (χ3v) is 5.62. The first-order valence-electron chi connectivity index (χ1n) is 10.1. The smallest absolute Gasteiger partial charge is 0.267 e. The summed E-state index contributed by atoms with van der Waals surface area (Å²) in [5.41, 5.74) is 0.379. The van der Waals surface area contributed by atoms with Crippen LogP contribution >= 0.6 is 11.6 Å². The molecule has 3 heterocycles. The molecule has 1 fully saturated rings. The Morgan fingerprint density at radius 2 is 1.73 bits per heavy atom. The molecule has 0 saturated carbocycles. The number of carbonyl (C=O) groups is 2. The first-order chi connectivity index (χ1) is 14.6. The maximum absolute atomic E-state index is 12.8. The first kappa shape index (κ1) is 20.6. The molecule has 8 nitrogen and oxygen atoms in total. The highest BCUT2D eigenvalue weighted by Crippen LogP contribution is 2.27. The van der Waals surface area contributed by atoms with Gasteiger partial charge in [0.05, 0.1) is 5.56 Å². The third kappa shape index (κ3) is 4.71. The van der Waals surface area contributed by atoms with Gasteiger partial charge in [-0.1, -0.05) is 11.6 Å². The number of unbranched alkanes of at least 4 members (excludes halogenated alkanes) is 1. The van der Waals surface area contributed by atoms with Gasteiger partial charge in [-0.05, 0) is 43.7 Å². The Morgan fingerprint density at radius 3 is 2.50 bits per heavy atom. The molecule has 0 bridgehead atoms. The van der Waals surface area contributed by atoms with E-state index in [2.05, 4.69) is 19.8 Å². The Hall–Kier alpha value is -2.71. The normalized spacial score (nSPS) is 17.5. The number of nitrogens with zero attached hydrogens (tertiary/aromatic N) is 5. The second kappa shape index (κ2) is 9.40. The molecule has 2 aliphatic heterocycles. The van der Waals surface area contributed by atoms with Crippen LogP contribution in [0.3, 0.4) is 0 Å². The quantitative estimate of drug-likeness (QED) is 0.514. The topological polar surface area (TPSA) is 78.9 Å². The maximum atomic E-state index is 12.8. The number of imide groups is 1. The second-order valence-electron chi connectivity index (χ2n) is 7.36. The predicted molar refractivity (Wildman–Crippen MR) is 113 cm³/mol. The van der Waals surface area contributed by atoms with Crippen LogP contribution in [0.25, 0.3) is 0 Å². The summed E-state index contributed by atoms with van der Waals surface area (Å²) in [6, 6.07) is 6.64. The highest BCUT2D eigenvalue weighted by atomic mass is 35.5. The summed E-state index contributed by atoms with van der Waals surface area (Å²) in [5, 5.41) is 0.473. The number of ether oxygens (including phenoxy) is 1. The van der Waals surface area contributed by atoms with Crippen LogP contribution in [0.4, 0.5) is 5.95 Å². The van der Waals surface area contributed by atoms with Crippen molar-refractivity contribution in [2.45, 2.75) is 12.8 Å². The molecule has 30 heavy (non-hydrogen) atoms. The minimum Gasteiger partial charge on any atom is -0.483 e. The molecule has 158 valence electrons. The molecule has 1 saturated heterocycles. The van der Waals surface area contributed by atoms with Crippen LogP contribution in [0, 0.1) is 0 Å². The zero-order chi connectivity index (χ0) is 20.9. The SMILES string of the molecule is O=C1COc2cc(Cl)ccc2C(=O)N1CCCCN1CCN(c2ncccn2)CC1. The minimum atomic E-state index is -0.319. The molecular weight excluding hydrogens is 406 g/mol. The van der Waals surface area contributed by atoms with Crippen molar-refractivity contribution in [3.05, 3.63) is 47.2 Å². The van der Waals surface area contributed by atoms with Gasteiger partial charge in [0.25, 0.3) is 11.8 Å². The average Bonchev–Trinajstić information content (AvgIpc) is 2.89. The number of fused-ring (bicyclic) bond motifs is 1. The van der Waals surface area contributed by atoms with E-state index in [1.54, 1.807) is 30.6 Å². The fourth-order valence-corrected chi connectivity index (χ4v) is 3.89. The summed E-state index contributed by atoms with van der Waals surface area (Å²) in [5.74, 6) is 0.507. The van der Waals surface area contributed by atoms with Gasteiger partial charge >= 0.3 is 0 Å². The lowest BCUT2D eigenvalue weighted by Crippen LogP contribution is -2.47. The molecule has 0 N–H and O–H groups in total. The number of hydrogen-bond acceptors (Lipinski definition) is 7. The third-order valence-electron chi connectivity index (χ3n) is 5.38. The van der Waals surface area contributed by atoms with E-state index in [-0.39, 0.29) is 18.4 Å². The maximum Gasteiger partial charge on any atom is 0.267 e. The number of carbonyl (C=O) groups excluding carboxylic acids is 2. The molecule has 4 rings (SSSR count). The van der Waals surface area contributed by atoms with E-state index in [9.17, 15) is 9.59 Å². The van der Waals surface area contributed by atoms with Crippen molar-refractivity contribution in [2.75, 3.05) is 50.8 Å². The lowest BCUT2D eigenvalue weighted by atomic mass is 10.1. The monoisotopic (exact) mass is 429 g/mol.